The highest BCUT2D eigenvalue weighted by Crippen LogP contribution is 2.19. The zero-order chi connectivity index (χ0) is 21.0. The summed E-state index contributed by atoms with van der Waals surface area (Å²) in [6.45, 7) is 1.54. The van der Waals surface area contributed by atoms with Crippen LogP contribution in [-0.4, -0.2) is 58.2 Å². The van der Waals surface area contributed by atoms with Gasteiger partial charge < -0.3 is 10.6 Å². The second kappa shape index (κ2) is 8.37. The van der Waals surface area contributed by atoms with E-state index in [1.165, 1.54) is 7.05 Å². The molecule has 0 unspecified atom stereocenters. The summed E-state index contributed by atoms with van der Waals surface area (Å²) < 4.78 is 25.4. The van der Waals surface area contributed by atoms with Crippen molar-refractivity contribution in [3.8, 4) is 5.82 Å². The number of carbonyl (C=O) groups excluding carboxylic acids is 1. The molecule has 0 aliphatic carbocycles. The Morgan fingerprint density at radius 2 is 1.86 bits per heavy atom. The van der Waals surface area contributed by atoms with E-state index in [9.17, 15) is 13.2 Å². The predicted molar refractivity (Wildman–Crippen MR) is 110 cm³/mol. The van der Waals surface area contributed by atoms with E-state index in [4.69, 9.17) is 0 Å². The first-order valence-corrected chi connectivity index (χ1v) is 10.5. The number of amides is 1. The van der Waals surface area contributed by atoms with Gasteiger partial charge in [0.05, 0.1) is 12.8 Å². The number of aromatic nitrogens is 4. The largest absolute Gasteiger partial charge is 0.340 e. The molecule has 3 rings (SSSR count). The lowest BCUT2D eigenvalue weighted by atomic mass is 10.2. The number of nitrogens with one attached hydrogen (secondary N) is 2. The van der Waals surface area contributed by atoms with Crippen LogP contribution in [0.25, 0.3) is 5.82 Å². The van der Waals surface area contributed by atoms with Crippen LogP contribution in [-0.2, 0) is 14.8 Å². The molecule has 3 aromatic rings. The van der Waals surface area contributed by atoms with E-state index in [0.29, 0.717) is 23.1 Å². The van der Waals surface area contributed by atoms with Crippen LogP contribution in [0.1, 0.15) is 5.82 Å². The normalized spacial score (nSPS) is 11.4. The highest BCUT2D eigenvalue weighted by Gasteiger charge is 2.15. The van der Waals surface area contributed by atoms with Crippen molar-refractivity contribution in [1.29, 1.82) is 0 Å². The minimum atomic E-state index is -3.41. The van der Waals surface area contributed by atoms with Gasteiger partial charge >= 0.3 is 0 Å². The molecule has 0 aliphatic rings. The second-order valence-corrected chi connectivity index (χ2v) is 8.47. The number of aryl methyl sites for hydroxylation is 1. The van der Waals surface area contributed by atoms with Crippen molar-refractivity contribution >= 4 is 33.1 Å². The number of likely N-dealkylation sites (N-methyl/N-ethyl adjacent to an activating group) is 1. The van der Waals surface area contributed by atoms with Gasteiger partial charge in [0.2, 0.25) is 15.9 Å². The number of anilines is 3. The van der Waals surface area contributed by atoms with Crippen LogP contribution in [0.2, 0.25) is 0 Å². The summed E-state index contributed by atoms with van der Waals surface area (Å²) in [4.78, 5) is 20.7. The third-order valence-corrected chi connectivity index (χ3v) is 5.20. The minimum Gasteiger partial charge on any atom is -0.340 e. The smallest absolute Gasteiger partial charge is 0.239 e. The Balaban J connectivity index is 1.66. The summed E-state index contributed by atoms with van der Waals surface area (Å²) in [6, 6.07) is 10.6. The van der Waals surface area contributed by atoms with Gasteiger partial charge in [0.25, 0.3) is 0 Å². The molecule has 10 nitrogen and oxygen atoms in total. The average Bonchev–Trinajstić information content (AvgIpc) is 3.17. The molecule has 0 radical (unpaired) electrons. The molecule has 1 aromatic carbocycles. The molecule has 0 atom stereocenters. The topological polar surface area (TPSA) is 122 Å². The Bertz CT molecular complexity index is 1100. The molecule has 0 spiro atoms. The van der Waals surface area contributed by atoms with Crippen molar-refractivity contribution in [1.82, 2.24) is 24.1 Å². The number of carbonyl (C=O) groups is 1. The summed E-state index contributed by atoms with van der Waals surface area (Å²) in [5.41, 5.74) is 1.32. The molecule has 0 aliphatic heterocycles. The van der Waals surface area contributed by atoms with Crippen molar-refractivity contribution in [3.05, 3.63) is 54.6 Å². The van der Waals surface area contributed by atoms with Crippen molar-refractivity contribution in [2.75, 3.05) is 30.5 Å². The van der Waals surface area contributed by atoms with Crippen LogP contribution < -0.4 is 10.6 Å². The molecular weight excluding hydrogens is 394 g/mol. The Morgan fingerprint density at radius 1 is 1.17 bits per heavy atom. The SMILES string of the molecule is Cc1nc(Nc2ccc(NC(=O)CN(C)S(C)(=O)=O)cc2)cc(-n2cccn2)n1. The molecule has 2 heterocycles. The van der Waals surface area contributed by atoms with Crippen LogP contribution in [0.15, 0.2) is 48.8 Å². The number of hydrogen-bond acceptors (Lipinski definition) is 7. The third kappa shape index (κ3) is 5.59. The molecule has 1 amide bonds. The van der Waals surface area contributed by atoms with Gasteiger partial charge in [-0.25, -0.2) is 23.1 Å². The van der Waals surface area contributed by atoms with E-state index in [1.54, 1.807) is 54.3 Å². The lowest BCUT2D eigenvalue weighted by molar-refractivity contribution is -0.116. The van der Waals surface area contributed by atoms with Crippen LogP contribution >= 0.6 is 0 Å². The van der Waals surface area contributed by atoms with Crippen molar-refractivity contribution in [2.45, 2.75) is 6.92 Å². The molecular formula is C18H21N7O3S. The molecule has 152 valence electrons. The first-order valence-electron chi connectivity index (χ1n) is 8.65. The predicted octanol–water partition coefficient (Wildman–Crippen LogP) is 1.54. The van der Waals surface area contributed by atoms with Crippen molar-refractivity contribution in [3.63, 3.8) is 0 Å². The maximum Gasteiger partial charge on any atom is 0.239 e. The Kier molecular flexibility index (Phi) is 5.89. The molecule has 0 saturated carbocycles. The van der Waals surface area contributed by atoms with Gasteiger partial charge in [-0.1, -0.05) is 0 Å². The van der Waals surface area contributed by atoms with E-state index in [-0.39, 0.29) is 6.54 Å². The lowest BCUT2D eigenvalue weighted by Gasteiger charge is -2.14. The summed E-state index contributed by atoms with van der Waals surface area (Å²) >= 11 is 0. The Morgan fingerprint density at radius 3 is 2.48 bits per heavy atom. The van der Waals surface area contributed by atoms with E-state index in [2.05, 4.69) is 25.7 Å². The average molecular weight is 415 g/mol. The number of benzene rings is 1. The highest BCUT2D eigenvalue weighted by molar-refractivity contribution is 7.88. The van der Waals surface area contributed by atoms with Gasteiger partial charge in [-0.2, -0.15) is 9.40 Å². The molecule has 2 aromatic heterocycles. The molecule has 0 bridgehead atoms. The maximum absolute atomic E-state index is 12.0. The van der Waals surface area contributed by atoms with Crippen LogP contribution in [0.4, 0.5) is 17.2 Å². The Labute approximate surface area is 168 Å². The summed E-state index contributed by atoms with van der Waals surface area (Å²) in [6.07, 6.45) is 4.52. The third-order valence-electron chi connectivity index (χ3n) is 3.94. The summed E-state index contributed by atoms with van der Waals surface area (Å²) in [5.74, 6) is 1.42. The summed E-state index contributed by atoms with van der Waals surface area (Å²) in [5, 5.41) is 10.0. The maximum atomic E-state index is 12.0. The molecule has 2 N–H and O–H groups in total. The molecule has 29 heavy (non-hydrogen) atoms. The quantitative estimate of drug-likeness (QED) is 0.600. The Hall–Kier alpha value is -3.31. The fraction of sp³-hybridized carbons (Fsp3) is 0.222. The number of nitrogens with zero attached hydrogens (tertiary/aromatic N) is 5. The lowest BCUT2D eigenvalue weighted by Crippen LogP contribution is -2.34. The zero-order valence-corrected chi connectivity index (χ0v) is 17.0. The molecule has 0 saturated heterocycles. The number of rotatable bonds is 7. The van der Waals surface area contributed by atoms with Gasteiger partial charge in [-0.05, 0) is 37.3 Å². The van der Waals surface area contributed by atoms with Gasteiger partial charge in [0.1, 0.15) is 11.6 Å². The second-order valence-electron chi connectivity index (χ2n) is 6.38. The van der Waals surface area contributed by atoms with E-state index >= 15 is 0 Å². The highest BCUT2D eigenvalue weighted by atomic mass is 32.2. The van der Waals surface area contributed by atoms with Crippen molar-refractivity contribution in [2.24, 2.45) is 0 Å². The fourth-order valence-corrected chi connectivity index (χ4v) is 2.79. The van der Waals surface area contributed by atoms with Crippen molar-refractivity contribution < 1.29 is 13.2 Å². The van der Waals surface area contributed by atoms with Gasteiger partial charge in [-0.15, -0.1) is 0 Å². The monoisotopic (exact) mass is 415 g/mol. The van der Waals surface area contributed by atoms with Crippen LogP contribution in [0, 0.1) is 6.92 Å². The number of sulfonamides is 1. The summed E-state index contributed by atoms with van der Waals surface area (Å²) in [7, 11) is -2.06. The van der Waals surface area contributed by atoms with E-state index < -0.39 is 15.9 Å². The van der Waals surface area contributed by atoms with Crippen LogP contribution in [0.3, 0.4) is 0 Å². The van der Waals surface area contributed by atoms with Crippen LogP contribution in [0.5, 0.6) is 0 Å². The van der Waals surface area contributed by atoms with Gasteiger partial charge in [0, 0.05) is 36.9 Å². The molecule has 0 fully saturated rings. The molecule has 11 heteroatoms. The fourth-order valence-electron chi connectivity index (χ4n) is 2.44. The minimum absolute atomic E-state index is 0.255. The number of hydrogen-bond donors (Lipinski definition) is 2. The zero-order valence-electron chi connectivity index (χ0n) is 16.2. The standard InChI is InChI=1S/C18H21N7O3S/c1-13-20-16(11-17(21-13)25-10-4-9-19-25)22-14-5-7-15(8-6-14)23-18(26)12-24(2)29(3,27)28/h4-11H,12H2,1-3H3,(H,23,26)(H,20,21,22). The first-order chi connectivity index (χ1) is 13.7. The first kappa shape index (κ1) is 20.4. The van der Waals surface area contributed by atoms with Gasteiger partial charge in [0.15, 0.2) is 5.82 Å². The van der Waals surface area contributed by atoms with Gasteiger partial charge in [-0.3, -0.25) is 4.79 Å². The van der Waals surface area contributed by atoms with E-state index in [1.807, 2.05) is 6.07 Å². The van der Waals surface area contributed by atoms with E-state index in [0.717, 1.165) is 16.2 Å².